The summed E-state index contributed by atoms with van der Waals surface area (Å²) >= 11 is 5.84. The van der Waals surface area contributed by atoms with E-state index >= 15 is 0 Å². The van der Waals surface area contributed by atoms with Crippen molar-refractivity contribution in [3.8, 4) is 0 Å². The summed E-state index contributed by atoms with van der Waals surface area (Å²) in [7, 11) is -3.79. The first-order chi connectivity index (χ1) is 8.91. The highest BCUT2D eigenvalue weighted by Gasteiger charge is 2.35. The van der Waals surface area contributed by atoms with Crippen molar-refractivity contribution >= 4 is 32.9 Å². The van der Waals surface area contributed by atoms with E-state index in [1.165, 1.54) is 6.07 Å². The van der Waals surface area contributed by atoms with Crippen molar-refractivity contribution in [3.05, 3.63) is 33.8 Å². The Morgan fingerprint density at radius 2 is 2.00 bits per heavy atom. The van der Waals surface area contributed by atoms with Crippen LogP contribution < -0.4 is 5.32 Å². The third kappa shape index (κ3) is 2.28. The van der Waals surface area contributed by atoms with E-state index in [2.05, 4.69) is 5.32 Å². The highest BCUT2D eigenvalue weighted by molar-refractivity contribution is 7.96. The van der Waals surface area contributed by atoms with Crippen LogP contribution in [0.1, 0.15) is 26.7 Å². The zero-order valence-corrected chi connectivity index (χ0v) is 12.2. The SMILES string of the molecule is CCC(=O)C1=C(CC)Nc2ccc(Cl)cc2S1(=O)=O. The fourth-order valence-corrected chi connectivity index (χ4v) is 4.15. The highest BCUT2D eigenvalue weighted by atomic mass is 35.5. The summed E-state index contributed by atoms with van der Waals surface area (Å²) in [5, 5.41) is 3.34. The molecule has 1 N–H and O–H groups in total. The average molecular weight is 300 g/mol. The second kappa shape index (κ2) is 4.98. The van der Waals surface area contributed by atoms with Crippen LogP contribution in [0.3, 0.4) is 0 Å². The molecule has 6 heteroatoms. The molecular formula is C13H14ClNO3S. The van der Waals surface area contributed by atoms with Crippen molar-refractivity contribution in [3.63, 3.8) is 0 Å². The van der Waals surface area contributed by atoms with Crippen LogP contribution >= 0.6 is 11.6 Å². The molecule has 1 heterocycles. The molecular weight excluding hydrogens is 286 g/mol. The molecule has 0 radical (unpaired) electrons. The number of ketones is 1. The van der Waals surface area contributed by atoms with Gasteiger partial charge in [-0.25, -0.2) is 8.42 Å². The number of anilines is 1. The van der Waals surface area contributed by atoms with Crippen LogP contribution in [0.2, 0.25) is 5.02 Å². The number of fused-ring (bicyclic) bond motifs is 1. The predicted octanol–water partition coefficient (Wildman–Crippen LogP) is 3.14. The molecule has 19 heavy (non-hydrogen) atoms. The molecule has 1 aromatic rings. The van der Waals surface area contributed by atoms with Crippen LogP contribution in [0.4, 0.5) is 5.69 Å². The van der Waals surface area contributed by atoms with E-state index in [4.69, 9.17) is 11.6 Å². The molecule has 0 saturated carbocycles. The largest absolute Gasteiger partial charge is 0.357 e. The van der Waals surface area contributed by atoms with Gasteiger partial charge in [-0.2, -0.15) is 0 Å². The minimum atomic E-state index is -3.79. The van der Waals surface area contributed by atoms with Gasteiger partial charge in [0, 0.05) is 17.1 Å². The number of hydrogen-bond acceptors (Lipinski definition) is 4. The van der Waals surface area contributed by atoms with Crippen LogP contribution in [0.5, 0.6) is 0 Å². The number of halogens is 1. The molecule has 0 atom stereocenters. The number of Topliss-reactive ketones (excluding diaryl/α,β-unsaturated/α-hetero) is 1. The van der Waals surface area contributed by atoms with Crippen molar-refractivity contribution in [2.24, 2.45) is 0 Å². The Morgan fingerprint density at radius 1 is 1.32 bits per heavy atom. The lowest BCUT2D eigenvalue weighted by Crippen LogP contribution is -2.24. The topological polar surface area (TPSA) is 63.2 Å². The second-order valence-corrected chi connectivity index (χ2v) is 6.50. The molecule has 1 aromatic carbocycles. The van der Waals surface area contributed by atoms with Gasteiger partial charge in [-0.05, 0) is 24.6 Å². The maximum absolute atomic E-state index is 12.5. The number of benzene rings is 1. The summed E-state index contributed by atoms with van der Waals surface area (Å²) in [6.45, 7) is 3.45. The molecule has 1 aliphatic heterocycles. The maximum atomic E-state index is 12.5. The van der Waals surface area contributed by atoms with Gasteiger partial charge >= 0.3 is 0 Å². The quantitative estimate of drug-likeness (QED) is 0.931. The van der Waals surface area contributed by atoms with Crippen LogP contribution in [0.25, 0.3) is 0 Å². The number of nitrogens with one attached hydrogen (secondary N) is 1. The number of allylic oxidation sites excluding steroid dienone is 2. The fraction of sp³-hybridized carbons (Fsp3) is 0.308. The van der Waals surface area contributed by atoms with Gasteiger partial charge in [0.05, 0.1) is 10.6 Å². The number of carbonyl (C=O) groups excluding carboxylic acids is 1. The van der Waals surface area contributed by atoms with Gasteiger partial charge in [-0.3, -0.25) is 4.79 Å². The minimum Gasteiger partial charge on any atom is -0.357 e. The van der Waals surface area contributed by atoms with E-state index in [-0.39, 0.29) is 22.0 Å². The maximum Gasteiger partial charge on any atom is 0.213 e. The van der Waals surface area contributed by atoms with Gasteiger partial charge in [0.2, 0.25) is 9.84 Å². The molecule has 102 valence electrons. The Labute approximate surface area is 117 Å². The number of sulfone groups is 1. The van der Waals surface area contributed by atoms with Gasteiger partial charge in [-0.1, -0.05) is 25.4 Å². The van der Waals surface area contributed by atoms with Crippen molar-refractivity contribution in [2.75, 3.05) is 5.32 Å². The summed E-state index contributed by atoms with van der Waals surface area (Å²) < 4.78 is 25.1. The molecule has 0 unspecified atom stereocenters. The Balaban J connectivity index is 2.73. The zero-order chi connectivity index (χ0) is 14.2. The van der Waals surface area contributed by atoms with Gasteiger partial charge in [0.25, 0.3) is 0 Å². The Hall–Kier alpha value is -1.33. The van der Waals surface area contributed by atoms with E-state index in [1.807, 2.05) is 6.92 Å². The van der Waals surface area contributed by atoms with E-state index in [1.54, 1.807) is 19.1 Å². The third-order valence-corrected chi connectivity index (χ3v) is 5.15. The van der Waals surface area contributed by atoms with Crippen LogP contribution in [-0.4, -0.2) is 14.2 Å². The highest BCUT2D eigenvalue weighted by Crippen LogP contribution is 2.37. The van der Waals surface area contributed by atoms with Gasteiger partial charge in [-0.15, -0.1) is 0 Å². The lowest BCUT2D eigenvalue weighted by molar-refractivity contribution is -0.114. The molecule has 0 bridgehead atoms. The third-order valence-electron chi connectivity index (χ3n) is 2.99. The van der Waals surface area contributed by atoms with Crippen molar-refractivity contribution in [1.82, 2.24) is 0 Å². The number of carbonyl (C=O) groups is 1. The standard InChI is InChI=1S/C13H14ClNO3S/c1-3-9-13(11(16)4-2)19(17,18)12-7-8(14)5-6-10(12)15-9/h5-7,15H,3-4H2,1-2H3. The summed E-state index contributed by atoms with van der Waals surface area (Å²) in [6, 6.07) is 4.59. The number of rotatable bonds is 3. The fourth-order valence-electron chi connectivity index (χ4n) is 2.04. The lowest BCUT2D eigenvalue weighted by atomic mass is 10.2. The normalized spacial score (nSPS) is 16.8. The van der Waals surface area contributed by atoms with E-state index in [0.29, 0.717) is 22.8 Å². The molecule has 2 rings (SSSR count). The summed E-state index contributed by atoms with van der Waals surface area (Å²) in [5.74, 6) is -0.380. The van der Waals surface area contributed by atoms with Crippen molar-refractivity contribution in [2.45, 2.75) is 31.6 Å². The average Bonchev–Trinajstić information content (AvgIpc) is 2.38. The Morgan fingerprint density at radius 3 is 2.58 bits per heavy atom. The summed E-state index contributed by atoms with van der Waals surface area (Å²) in [6.07, 6.45) is 0.595. The molecule has 0 saturated heterocycles. The van der Waals surface area contributed by atoms with E-state index in [9.17, 15) is 13.2 Å². The van der Waals surface area contributed by atoms with Crippen LogP contribution in [0.15, 0.2) is 33.7 Å². The van der Waals surface area contributed by atoms with Crippen molar-refractivity contribution < 1.29 is 13.2 Å². The first-order valence-corrected chi connectivity index (χ1v) is 7.86. The zero-order valence-electron chi connectivity index (χ0n) is 10.7. The molecule has 1 aliphatic rings. The Bertz CT molecular complexity index is 677. The van der Waals surface area contributed by atoms with Gasteiger partial charge < -0.3 is 5.32 Å². The minimum absolute atomic E-state index is 0.0639. The molecule has 0 fully saturated rings. The van der Waals surface area contributed by atoms with Gasteiger partial charge in [0.15, 0.2) is 5.78 Å². The van der Waals surface area contributed by atoms with E-state index in [0.717, 1.165) is 0 Å². The lowest BCUT2D eigenvalue weighted by Gasteiger charge is -2.23. The summed E-state index contributed by atoms with van der Waals surface area (Å²) in [5.41, 5.74) is 0.913. The first kappa shape index (κ1) is 14.1. The number of hydrogen-bond donors (Lipinski definition) is 1. The molecule has 0 spiro atoms. The first-order valence-electron chi connectivity index (χ1n) is 5.99. The predicted molar refractivity (Wildman–Crippen MR) is 74.9 cm³/mol. The smallest absolute Gasteiger partial charge is 0.213 e. The molecule has 4 nitrogen and oxygen atoms in total. The monoisotopic (exact) mass is 299 g/mol. The van der Waals surface area contributed by atoms with Gasteiger partial charge in [0.1, 0.15) is 4.91 Å². The van der Waals surface area contributed by atoms with E-state index < -0.39 is 9.84 Å². The molecule has 0 aliphatic carbocycles. The van der Waals surface area contributed by atoms with Crippen LogP contribution in [0, 0.1) is 0 Å². The van der Waals surface area contributed by atoms with Crippen LogP contribution in [-0.2, 0) is 14.6 Å². The second-order valence-electron chi connectivity index (χ2n) is 4.21. The molecule has 0 amide bonds. The molecule has 0 aromatic heterocycles. The van der Waals surface area contributed by atoms with Crippen molar-refractivity contribution in [1.29, 1.82) is 0 Å². The summed E-state index contributed by atoms with van der Waals surface area (Å²) in [4.78, 5) is 11.9. The Kier molecular flexibility index (Phi) is 3.69.